The Bertz CT molecular complexity index is 1550. The van der Waals surface area contributed by atoms with Crippen LogP contribution < -0.4 is 11.5 Å². The third-order valence-electron chi connectivity index (χ3n) is 5.67. The van der Waals surface area contributed by atoms with Crippen LogP contribution in [0.4, 0.5) is 22.7 Å². The third-order valence-corrected chi connectivity index (χ3v) is 6.54. The minimum absolute atomic E-state index is 0.267. The summed E-state index contributed by atoms with van der Waals surface area (Å²) in [6, 6.07) is 12.0. The van der Waals surface area contributed by atoms with E-state index in [-0.39, 0.29) is 5.39 Å². The highest BCUT2D eigenvalue weighted by Crippen LogP contribution is 2.42. The Labute approximate surface area is 207 Å². The Hall–Kier alpha value is -4.13. The molecule has 1 aliphatic carbocycles. The summed E-state index contributed by atoms with van der Waals surface area (Å²) in [5.41, 5.74) is 12.1. The third kappa shape index (κ3) is 4.96. The maximum atomic E-state index is 12.0. The highest BCUT2D eigenvalue weighted by atomic mass is 32.2. The second kappa shape index (κ2) is 9.49. The molecule has 0 aromatic heterocycles. The summed E-state index contributed by atoms with van der Waals surface area (Å²) in [6.45, 7) is 1.78. The second-order valence-corrected chi connectivity index (χ2v) is 9.52. The standard InChI is InChI=1S/C24H24N6O5S/c1-14-11-19(9-10-24(14,35-2)30-28-18-7-5-16(25)6-8-18)27-29-22-21(36(32,33)34)12-15-3-4-17(26)13-20(15)23(22)31/h3-13,19,31H,25-26H2,1-2H3,(H,32,33,34)/t19-,24+/m0/s1. The molecule has 0 bridgehead atoms. The Kier molecular flexibility index (Phi) is 6.59. The van der Waals surface area contributed by atoms with Crippen LogP contribution >= 0.6 is 0 Å². The number of methoxy groups -OCH3 is 1. The van der Waals surface area contributed by atoms with Gasteiger partial charge in [-0.05, 0) is 66.4 Å². The van der Waals surface area contributed by atoms with Gasteiger partial charge in [-0.15, -0.1) is 10.2 Å². The number of ether oxygens (including phenoxy) is 1. The lowest BCUT2D eigenvalue weighted by atomic mass is 9.96. The molecule has 0 unspecified atom stereocenters. The zero-order chi connectivity index (χ0) is 26.1. The van der Waals surface area contributed by atoms with Crippen LogP contribution in [0.2, 0.25) is 0 Å². The lowest BCUT2D eigenvalue weighted by Gasteiger charge is -2.28. The molecular formula is C24H24N6O5S. The first-order chi connectivity index (χ1) is 17.0. The van der Waals surface area contributed by atoms with Gasteiger partial charge in [-0.1, -0.05) is 18.2 Å². The molecule has 0 radical (unpaired) electrons. The van der Waals surface area contributed by atoms with Crippen LogP contribution in [0, 0.1) is 0 Å². The number of hydrogen-bond acceptors (Lipinski definition) is 10. The van der Waals surface area contributed by atoms with E-state index in [9.17, 15) is 18.1 Å². The van der Waals surface area contributed by atoms with E-state index in [2.05, 4.69) is 20.5 Å². The normalized spacial score (nSPS) is 20.4. The molecule has 0 spiro atoms. The van der Waals surface area contributed by atoms with Crippen molar-refractivity contribution in [1.29, 1.82) is 0 Å². The minimum Gasteiger partial charge on any atom is -0.505 e. The molecule has 0 saturated heterocycles. The fraction of sp³-hybridized carbons (Fsp3) is 0.167. The van der Waals surface area contributed by atoms with Crippen LogP contribution in [0.1, 0.15) is 6.92 Å². The van der Waals surface area contributed by atoms with E-state index in [0.717, 1.165) is 0 Å². The Morgan fingerprint density at radius 1 is 1.03 bits per heavy atom. The van der Waals surface area contributed by atoms with Crippen LogP contribution in [0.15, 0.2) is 97.7 Å². The molecule has 2 atom stereocenters. The van der Waals surface area contributed by atoms with Crippen LogP contribution in [-0.2, 0) is 14.9 Å². The van der Waals surface area contributed by atoms with Gasteiger partial charge in [-0.2, -0.15) is 18.6 Å². The highest BCUT2D eigenvalue weighted by molar-refractivity contribution is 7.86. The molecule has 0 aliphatic heterocycles. The number of hydrogen-bond donors (Lipinski definition) is 4. The molecule has 0 amide bonds. The van der Waals surface area contributed by atoms with E-state index >= 15 is 0 Å². The first-order valence-electron chi connectivity index (χ1n) is 10.7. The highest BCUT2D eigenvalue weighted by Gasteiger charge is 2.32. The molecule has 11 nitrogen and oxygen atoms in total. The number of fused-ring (bicyclic) bond motifs is 1. The zero-order valence-electron chi connectivity index (χ0n) is 19.4. The van der Waals surface area contributed by atoms with Gasteiger partial charge >= 0.3 is 0 Å². The van der Waals surface area contributed by atoms with Crippen molar-refractivity contribution in [2.75, 3.05) is 18.6 Å². The van der Waals surface area contributed by atoms with Crippen molar-refractivity contribution in [3.8, 4) is 5.75 Å². The van der Waals surface area contributed by atoms with Gasteiger partial charge in [0.25, 0.3) is 10.1 Å². The number of phenolic OH excluding ortho intramolecular Hbond substituents is 1. The molecule has 3 aromatic carbocycles. The van der Waals surface area contributed by atoms with Crippen molar-refractivity contribution in [3.63, 3.8) is 0 Å². The molecule has 4 rings (SSSR count). The monoisotopic (exact) mass is 508 g/mol. The average Bonchev–Trinajstić information content (AvgIpc) is 2.84. The van der Waals surface area contributed by atoms with E-state index in [4.69, 9.17) is 16.2 Å². The molecule has 12 heteroatoms. The number of rotatable bonds is 6. The lowest BCUT2D eigenvalue weighted by Crippen LogP contribution is -2.31. The smallest absolute Gasteiger partial charge is 0.296 e. The number of nitrogens with two attached hydrogens (primary N) is 2. The number of aromatic hydroxyl groups is 1. The van der Waals surface area contributed by atoms with E-state index < -0.39 is 38.2 Å². The van der Waals surface area contributed by atoms with Gasteiger partial charge in [-0.25, -0.2) is 0 Å². The van der Waals surface area contributed by atoms with Crippen molar-refractivity contribution in [1.82, 2.24) is 0 Å². The van der Waals surface area contributed by atoms with Crippen molar-refractivity contribution in [2.24, 2.45) is 20.5 Å². The first-order valence-corrected chi connectivity index (χ1v) is 12.1. The fourth-order valence-corrected chi connectivity index (χ4v) is 4.35. The molecule has 0 saturated carbocycles. The number of phenols is 1. The van der Waals surface area contributed by atoms with Gasteiger partial charge in [0.15, 0.2) is 5.75 Å². The number of benzene rings is 3. The molecule has 0 fully saturated rings. The topological polar surface area (TPSA) is 185 Å². The van der Waals surface area contributed by atoms with Gasteiger partial charge in [0, 0.05) is 23.9 Å². The summed E-state index contributed by atoms with van der Waals surface area (Å²) in [7, 11) is -3.23. The van der Waals surface area contributed by atoms with Gasteiger partial charge < -0.3 is 21.3 Å². The van der Waals surface area contributed by atoms with Crippen molar-refractivity contribution in [2.45, 2.75) is 23.6 Å². The summed E-state index contributed by atoms with van der Waals surface area (Å²) in [5.74, 6) is -0.472. The zero-order valence-corrected chi connectivity index (χ0v) is 20.2. The molecule has 36 heavy (non-hydrogen) atoms. The van der Waals surface area contributed by atoms with E-state index in [0.29, 0.717) is 28.0 Å². The molecule has 186 valence electrons. The van der Waals surface area contributed by atoms with Crippen LogP contribution in [0.5, 0.6) is 5.75 Å². The summed E-state index contributed by atoms with van der Waals surface area (Å²) in [6.07, 6.45) is 5.00. The molecule has 3 aromatic rings. The minimum atomic E-state index is -4.71. The van der Waals surface area contributed by atoms with Crippen molar-refractivity contribution < 1.29 is 22.8 Å². The van der Waals surface area contributed by atoms with Gasteiger partial charge in [0.05, 0.1) is 5.69 Å². The van der Waals surface area contributed by atoms with E-state index in [1.165, 1.54) is 25.3 Å². The number of nitrogen functional groups attached to an aromatic ring is 2. The maximum Gasteiger partial charge on any atom is 0.296 e. The Balaban J connectivity index is 1.67. The predicted octanol–water partition coefficient (Wildman–Crippen LogP) is 5.05. The first kappa shape index (κ1) is 25.0. The predicted molar refractivity (Wildman–Crippen MR) is 136 cm³/mol. The average molecular weight is 509 g/mol. The largest absolute Gasteiger partial charge is 0.505 e. The van der Waals surface area contributed by atoms with Crippen molar-refractivity contribution >= 4 is 43.6 Å². The van der Waals surface area contributed by atoms with Crippen molar-refractivity contribution in [3.05, 3.63) is 72.3 Å². The molecule has 0 heterocycles. The summed E-state index contributed by atoms with van der Waals surface area (Å²) in [4.78, 5) is -0.579. The number of anilines is 2. The van der Waals surface area contributed by atoms with Crippen LogP contribution in [0.3, 0.4) is 0 Å². The Morgan fingerprint density at radius 3 is 2.36 bits per heavy atom. The van der Waals surface area contributed by atoms with Gasteiger partial charge in [0.2, 0.25) is 5.72 Å². The second-order valence-electron chi connectivity index (χ2n) is 8.13. The molecule has 1 aliphatic rings. The van der Waals surface area contributed by atoms with Crippen LogP contribution in [-0.4, -0.2) is 37.0 Å². The Morgan fingerprint density at radius 2 is 1.72 bits per heavy atom. The SMILES string of the molecule is CO[C@]1(N=Nc2ccc(N)cc2)C=C[C@H](N=Nc2c(S(=O)(=O)O)cc3ccc(N)cc3c2O)C=C1C. The summed E-state index contributed by atoms with van der Waals surface area (Å²) < 4.78 is 39.3. The maximum absolute atomic E-state index is 12.0. The molecular weight excluding hydrogens is 484 g/mol. The fourth-order valence-electron chi connectivity index (χ4n) is 3.69. The summed E-state index contributed by atoms with van der Waals surface area (Å²) in [5, 5.41) is 28.1. The summed E-state index contributed by atoms with van der Waals surface area (Å²) >= 11 is 0. The van der Waals surface area contributed by atoms with Gasteiger partial charge in [-0.3, -0.25) is 4.55 Å². The van der Waals surface area contributed by atoms with E-state index in [1.54, 1.807) is 55.5 Å². The quantitative estimate of drug-likeness (QED) is 0.155. The lowest BCUT2D eigenvalue weighted by molar-refractivity contribution is 0.0640. The number of nitrogens with zero attached hydrogens (tertiary/aromatic N) is 4. The number of azo groups is 2. The van der Waals surface area contributed by atoms with E-state index in [1.807, 2.05) is 0 Å². The van der Waals surface area contributed by atoms with Gasteiger partial charge in [0.1, 0.15) is 16.6 Å². The molecule has 6 N–H and O–H groups in total. The van der Waals surface area contributed by atoms with Crippen LogP contribution in [0.25, 0.3) is 10.8 Å².